The number of sulfonamides is 1. The SMILES string of the molecule is Cc1ccc(NS(=O)(=O)Cc2ccc(CN)cc2)c(Br)c1. The van der Waals surface area contributed by atoms with Crippen LogP contribution in [0.4, 0.5) is 5.69 Å². The van der Waals surface area contributed by atoms with Crippen LogP contribution in [0.2, 0.25) is 0 Å². The van der Waals surface area contributed by atoms with E-state index in [0.29, 0.717) is 12.2 Å². The number of hydrogen-bond donors (Lipinski definition) is 2. The average molecular weight is 369 g/mol. The second-order valence-electron chi connectivity index (χ2n) is 4.87. The van der Waals surface area contributed by atoms with Crippen molar-refractivity contribution in [2.45, 2.75) is 19.2 Å². The Labute approximate surface area is 133 Å². The summed E-state index contributed by atoms with van der Waals surface area (Å²) in [4.78, 5) is 0. The van der Waals surface area contributed by atoms with Gasteiger partial charge in [-0.2, -0.15) is 0 Å². The fourth-order valence-corrected chi connectivity index (χ4v) is 3.84. The Kier molecular flexibility index (Phi) is 5.03. The quantitative estimate of drug-likeness (QED) is 0.851. The molecule has 0 atom stereocenters. The summed E-state index contributed by atoms with van der Waals surface area (Å²) in [6.45, 7) is 2.39. The van der Waals surface area contributed by atoms with Crippen molar-refractivity contribution in [3.63, 3.8) is 0 Å². The van der Waals surface area contributed by atoms with Crippen LogP contribution in [0.25, 0.3) is 0 Å². The minimum atomic E-state index is -3.45. The van der Waals surface area contributed by atoms with Crippen molar-refractivity contribution in [3.8, 4) is 0 Å². The van der Waals surface area contributed by atoms with E-state index in [1.807, 2.05) is 31.2 Å². The predicted octanol–water partition coefficient (Wildman–Crippen LogP) is 3.16. The number of nitrogens with one attached hydrogen (secondary N) is 1. The highest BCUT2D eigenvalue weighted by Gasteiger charge is 2.13. The van der Waals surface area contributed by atoms with Gasteiger partial charge in [0.05, 0.1) is 11.4 Å². The summed E-state index contributed by atoms with van der Waals surface area (Å²) in [6, 6.07) is 12.7. The molecule has 0 amide bonds. The Morgan fingerprint density at radius 3 is 2.29 bits per heavy atom. The van der Waals surface area contributed by atoms with Crippen LogP contribution in [0.5, 0.6) is 0 Å². The summed E-state index contributed by atoms with van der Waals surface area (Å²) in [5.74, 6) is -0.0713. The molecule has 0 bridgehead atoms. The molecule has 0 spiro atoms. The van der Waals surface area contributed by atoms with Gasteiger partial charge in [0.25, 0.3) is 0 Å². The maximum Gasteiger partial charge on any atom is 0.236 e. The monoisotopic (exact) mass is 368 g/mol. The number of benzene rings is 2. The molecule has 0 aliphatic heterocycles. The molecule has 2 aromatic carbocycles. The molecule has 0 radical (unpaired) electrons. The lowest BCUT2D eigenvalue weighted by Gasteiger charge is -2.10. The number of aryl methyl sites for hydroxylation is 1. The van der Waals surface area contributed by atoms with E-state index >= 15 is 0 Å². The van der Waals surface area contributed by atoms with E-state index in [1.165, 1.54) is 0 Å². The van der Waals surface area contributed by atoms with Gasteiger partial charge in [-0.15, -0.1) is 0 Å². The summed E-state index contributed by atoms with van der Waals surface area (Å²) < 4.78 is 27.7. The maximum absolute atomic E-state index is 12.2. The van der Waals surface area contributed by atoms with E-state index in [-0.39, 0.29) is 5.75 Å². The van der Waals surface area contributed by atoms with Gasteiger partial charge in [0.2, 0.25) is 10.0 Å². The maximum atomic E-state index is 12.2. The Balaban J connectivity index is 2.14. The van der Waals surface area contributed by atoms with Crippen LogP contribution in [-0.4, -0.2) is 8.42 Å². The van der Waals surface area contributed by atoms with E-state index in [4.69, 9.17) is 5.73 Å². The van der Waals surface area contributed by atoms with Crippen LogP contribution in [0.15, 0.2) is 46.9 Å². The van der Waals surface area contributed by atoms with Gasteiger partial charge in [0.15, 0.2) is 0 Å². The molecule has 0 aliphatic carbocycles. The highest BCUT2D eigenvalue weighted by atomic mass is 79.9. The van der Waals surface area contributed by atoms with E-state index in [1.54, 1.807) is 18.2 Å². The van der Waals surface area contributed by atoms with Crippen molar-refractivity contribution in [1.29, 1.82) is 0 Å². The number of halogens is 1. The zero-order chi connectivity index (χ0) is 15.5. The van der Waals surface area contributed by atoms with Gasteiger partial charge >= 0.3 is 0 Å². The number of nitrogens with two attached hydrogens (primary N) is 1. The first-order chi connectivity index (χ1) is 9.89. The molecule has 4 nitrogen and oxygen atoms in total. The lowest BCUT2D eigenvalue weighted by molar-refractivity contribution is 0.600. The molecule has 2 aromatic rings. The molecule has 0 aromatic heterocycles. The minimum absolute atomic E-state index is 0.0713. The van der Waals surface area contributed by atoms with Gasteiger partial charge in [-0.25, -0.2) is 8.42 Å². The fraction of sp³-hybridized carbons (Fsp3) is 0.200. The van der Waals surface area contributed by atoms with E-state index in [0.717, 1.165) is 21.2 Å². The van der Waals surface area contributed by atoms with E-state index in [2.05, 4.69) is 20.7 Å². The summed E-state index contributed by atoms with van der Waals surface area (Å²) in [5, 5.41) is 0. The highest BCUT2D eigenvalue weighted by molar-refractivity contribution is 9.10. The molecule has 0 fully saturated rings. The van der Waals surface area contributed by atoms with Crippen molar-refractivity contribution in [1.82, 2.24) is 0 Å². The molecule has 0 heterocycles. The van der Waals surface area contributed by atoms with Gasteiger partial charge in [-0.05, 0) is 51.7 Å². The third-order valence-electron chi connectivity index (χ3n) is 3.01. The Bertz CT molecular complexity index is 728. The molecule has 112 valence electrons. The standard InChI is InChI=1S/C15H17BrN2O2S/c1-11-2-7-15(14(16)8-11)18-21(19,20)10-13-5-3-12(9-17)4-6-13/h2-8,18H,9-10,17H2,1H3. The third kappa shape index (κ3) is 4.56. The van der Waals surface area contributed by atoms with Crippen molar-refractivity contribution in [2.24, 2.45) is 5.73 Å². The summed E-state index contributed by atoms with van der Waals surface area (Å²) >= 11 is 3.36. The smallest absolute Gasteiger partial charge is 0.236 e. The number of hydrogen-bond acceptors (Lipinski definition) is 3. The molecule has 0 saturated heterocycles. The van der Waals surface area contributed by atoms with E-state index < -0.39 is 10.0 Å². The van der Waals surface area contributed by atoms with Crippen LogP contribution in [0, 0.1) is 6.92 Å². The van der Waals surface area contributed by atoms with Gasteiger partial charge in [-0.3, -0.25) is 4.72 Å². The van der Waals surface area contributed by atoms with Crippen LogP contribution >= 0.6 is 15.9 Å². The molecule has 0 unspecified atom stereocenters. The Hall–Kier alpha value is -1.37. The lowest BCUT2D eigenvalue weighted by atomic mass is 10.1. The van der Waals surface area contributed by atoms with Crippen molar-refractivity contribution in [2.75, 3.05) is 4.72 Å². The third-order valence-corrected chi connectivity index (χ3v) is 4.91. The largest absolute Gasteiger partial charge is 0.326 e. The van der Waals surface area contributed by atoms with Crippen molar-refractivity contribution >= 4 is 31.6 Å². The van der Waals surface area contributed by atoms with Crippen molar-refractivity contribution < 1.29 is 8.42 Å². The second kappa shape index (κ2) is 6.60. The molecular weight excluding hydrogens is 352 g/mol. The molecule has 0 aliphatic rings. The summed E-state index contributed by atoms with van der Waals surface area (Å²) in [6.07, 6.45) is 0. The first-order valence-corrected chi connectivity index (χ1v) is 8.89. The zero-order valence-electron chi connectivity index (χ0n) is 11.6. The summed E-state index contributed by atoms with van der Waals surface area (Å²) in [5.41, 5.74) is 8.82. The van der Waals surface area contributed by atoms with E-state index in [9.17, 15) is 8.42 Å². The van der Waals surface area contributed by atoms with Gasteiger partial charge in [-0.1, -0.05) is 30.3 Å². The lowest BCUT2D eigenvalue weighted by Crippen LogP contribution is -2.15. The first kappa shape index (κ1) is 16.0. The van der Waals surface area contributed by atoms with Gasteiger partial charge < -0.3 is 5.73 Å². The van der Waals surface area contributed by atoms with Crippen LogP contribution in [0.3, 0.4) is 0 Å². The number of anilines is 1. The molecule has 0 saturated carbocycles. The van der Waals surface area contributed by atoms with Gasteiger partial charge in [0, 0.05) is 11.0 Å². The van der Waals surface area contributed by atoms with Crippen LogP contribution in [0.1, 0.15) is 16.7 Å². The summed E-state index contributed by atoms with van der Waals surface area (Å²) in [7, 11) is -3.45. The first-order valence-electron chi connectivity index (χ1n) is 6.44. The van der Waals surface area contributed by atoms with Crippen LogP contribution < -0.4 is 10.5 Å². The molecule has 21 heavy (non-hydrogen) atoms. The molecule has 2 rings (SSSR count). The second-order valence-corrected chi connectivity index (χ2v) is 7.44. The minimum Gasteiger partial charge on any atom is -0.326 e. The predicted molar refractivity (Wildman–Crippen MR) is 89.5 cm³/mol. The topological polar surface area (TPSA) is 72.2 Å². The molecular formula is C15H17BrN2O2S. The normalized spacial score (nSPS) is 11.4. The molecule has 6 heteroatoms. The average Bonchev–Trinajstić information content (AvgIpc) is 2.42. The highest BCUT2D eigenvalue weighted by Crippen LogP contribution is 2.25. The fourth-order valence-electron chi connectivity index (χ4n) is 1.90. The Morgan fingerprint density at radius 2 is 1.71 bits per heavy atom. The zero-order valence-corrected chi connectivity index (χ0v) is 14.0. The van der Waals surface area contributed by atoms with Crippen molar-refractivity contribution in [3.05, 3.63) is 63.6 Å². The molecule has 3 N–H and O–H groups in total. The number of rotatable bonds is 5. The van der Waals surface area contributed by atoms with Crippen LogP contribution in [-0.2, 0) is 22.3 Å². The van der Waals surface area contributed by atoms with Gasteiger partial charge in [0.1, 0.15) is 0 Å². The Morgan fingerprint density at radius 1 is 1.10 bits per heavy atom.